The van der Waals surface area contributed by atoms with Crippen molar-refractivity contribution in [2.75, 3.05) is 19.6 Å². The predicted molar refractivity (Wildman–Crippen MR) is 67.5 cm³/mol. The minimum Gasteiger partial charge on any atom is -0.355 e. The summed E-state index contributed by atoms with van der Waals surface area (Å²) < 4.78 is 0. The molecule has 1 aliphatic heterocycles. The number of hydrogen-bond donors (Lipinski definition) is 2. The van der Waals surface area contributed by atoms with Gasteiger partial charge in [0.15, 0.2) is 0 Å². The topological polar surface area (TPSA) is 41.1 Å². The van der Waals surface area contributed by atoms with E-state index in [1.54, 1.807) is 0 Å². The fourth-order valence-corrected chi connectivity index (χ4v) is 3.77. The van der Waals surface area contributed by atoms with Crippen LogP contribution in [0.2, 0.25) is 0 Å². The van der Waals surface area contributed by atoms with E-state index in [1.807, 2.05) is 0 Å². The number of amides is 1. The summed E-state index contributed by atoms with van der Waals surface area (Å²) in [4.78, 5) is 12.5. The highest BCUT2D eigenvalue weighted by Gasteiger charge is 2.50. The van der Waals surface area contributed by atoms with Gasteiger partial charge < -0.3 is 10.6 Å². The Bertz CT molecular complexity index is 317. The van der Waals surface area contributed by atoms with Gasteiger partial charge in [-0.05, 0) is 43.6 Å². The van der Waals surface area contributed by atoms with Crippen molar-refractivity contribution in [2.24, 2.45) is 23.2 Å². The van der Waals surface area contributed by atoms with Crippen molar-refractivity contribution < 1.29 is 4.79 Å². The van der Waals surface area contributed by atoms with Gasteiger partial charge in [0.25, 0.3) is 0 Å². The van der Waals surface area contributed by atoms with Gasteiger partial charge in [-0.2, -0.15) is 0 Å². The molecule has 0 aromatic rings. The second-order valence-corrected chi connectivity index (χ2v) is 6.41. The average molecular weight is 236 g/mol. The molecule has 1 saturated heterocycles. The number of hydrogen-bond acceptors (Lipinski definition) is 2. The number of carbonyl (C=O) groups is 1. The molecule has 0 spiro atoms. The van der Waals surface area contributed by atoms with Crippen LogP contribution >= 0.6 is 0 Å². The molecular weight excluding hydrogens is 212 g/mol. The number of carbonyl (C=O) groups excluding carboxylic acids is 1. The van der Waals surface area contributed by atoms with Crippen LogP contribution in [-0.2, 0) is 4.79 Å². The summed E-state index contributed by atoms with van der Waals surface area (Å²) in [5.74, 6) is 2.52. The molecule has 0 aromatic heterocycles. The molecule has 2 N–H and O–H groups in total. The van der Waals surface area contributed by atoms with Gasteiger partial charge in [0.2, 0.25) is 5.91 Å². The van der Waals surface area contributed by atoms with Gasteiger partial charge in [0.05, 0.1) is 5.41 Å². The molecule has 0 radical (unpaired) electrons. The van der Waals surface area contributed by atoms with Gasteiger partial charge in [-0.1, -0.05) is 19.8 Å². The minimum atomic E-state index is -0.0591. The third-order valence-electron chi connectivity index (χ3n) is 5.29. The van der Waals surface area contributed by atoms with E-state index in [9.17, 15) is 4.79 Å². The van der Waals surface area contributed by atoms with Crippen LogP contribution in [0.3, 0.4) is 0 Å². The Hall–Kier alpha value is -0.570. The minimum absolute atomic E-state index is 0.0591. The van der Waals surface area contributed by atoms with Gasteiger partial charge >= 0.3 is 0 Å². The van der Waals surface area contributed by atoms with Gasteiger partial charge in [-0.25, -0.2) is 0 Å². The Kier molecular flexibility index (Phi) is 2.89. The molecule has 17 heavy (non-hydrogen) atoms. The highest BCUT2D eigenvalue weighted by molar-refractivity contribution is 5.83. The second kappa shape index (κ2) is 4.27. The van der Waals surface area contributed by atoms with Gasteiger partial charge in [-0.3, -0.25) is 4.79 Å². The van der Waals surface area contributed by atoms with Crippen LogP contribution < -0.4 is 10.6 Å². The summed E-state index contributed by atoms with van der Waals surface area (Å²) in [6.07, 6.45) is 6.17. The van der Waals surface area contributed by atoms with Crippen molar-refractivity contribution in [3.63, 3.8) is 0 Å². The summed E-state index contributed by atoms with van der Waals surface area (Å²) in [5, 5.41) is 6.67. The molecule has 1 amide bonds. The molecule has 2 unspecified atom stereocenters. The van der Waals surface area contributed by atoms with E-state index in [1.165, 1.54) is 25.7 Å². The Morgan fingerprint density at radius 1 is 1.47 bits per heavy atom. The SMILES string of the molecule is CC1CC1CNC(=O)[C@@]12CCCC[C@H]1CNC2. The third-order valence-corrected chi connectivity index (χ3v) is 5.29. The number of fused-ring (bicyclic) bond motifs is 1. The Morgan fingerprint density at radius 3 is 3.06 bits per heavy atom. The first-order valence-corrected chi connectivity index (χ1v) is 7.21. The smallest absolute Gasteiger partial charge is 0.227 e. The van der Waals surface area contributed by atoms with E-state index in [0.717, 1.165) is 37.9 Å². The molecule has 0 aromatic carbocycles. The maximum Gasteiger partial charge on any atom is 0.227 e. The molecule has 96 valence electrons. The van der Waals surface area contributed by atoms with Gasteiger partial charge in [0.1, 0.15) is 0 Å². The van der Waals surface area contributed by atoms with E-state index in [0.29, 0.717) is 11.8 Å². The lowest BCUT2D eigenvalue weighted by Crippen LogP contribution is -2.48. The Balaban J connectivity index is 1.62. The number of nitrogens with one attached hydrogen (secondary N) is 2. The van der Waals surface area contributed by atoms with Crippen molar-refractivity contribution in [1.82, 2.24) is 10.6 Å². The van der Waals surface area contributed by atoms with Crippen LogP contribution in [-0.4, -0.2) is 25.5 Å². The predicted octanol–water partition coefficient (Wildman–Crippen LogP) is 1.54. The highest BCUT2D eigenvalue weighted by Crippen LogP contribution is 2.44. The highest BCUT2D eigenvalue weighted by atomic mass is 16.2. The standard InChI is InChI=1S/C14H24N2O/c1-10-6-11(10)7-16-13(17)14-5-3-2-4-12(14)8-15-9-14/h10-12,15H,2-9H2,1H3,(H,16,17)/t10?,11?,12-,14+/m0/s1. The Labute approximate surface area is 104 Å². The van der Waals surface area contributed by atoms with E-state index >= 15 is 0 Å². The van der Waals surface area contributed by atoms with Crippen molar-refractivity contribution in [3.05, 3.63) is 0 Å². The fourth-order valence-electron chi connectivity index (χ4n) is 3.77. The molecule has 2 aliphatic carbocycles. The molecule has 2 saturated carbocycles. The van der Waals surface area contributed by atoms with Crippen molar-refractivity contribution >= 4 is 5.91 Å². The lowest BCUT2D eigenvalue weighted by atomic mass is 9.67. The van der Waals surface area contributed by atoms with Crippen LogP contribution in [0.5, 0.6) is 0 Å². The van der Waals surface area contributed by atoms with Crippen LogP contribution in [0.15, 0.2) is 0 Å². The fraction of sp³-hybridized carbons (Fsp3) is 0.929. The van der Waals surface area contributed by atoms with Crippen LogP contribution in [0.1, 0.15) is 39.0 Å². The maximum absolute atomic E-state index is 12.5. The Morgan fingerprint density at radius 2 is 2.29 bits per heavy atom. The zero-order valence-corrected chi connectivity index (χ0v) is 10.8. The van der Waals surface area contributed by atoms with Crippen molar-refractivity contribution in [1.29, 1.82) is 0 Å². The summed E-state index contributed by atoms with van der Waals surface area (Å²) in [7, 11) is 0. The van der Waals surface area contributed by atoms with Gasteiger partial charge in [0, 0.05) is 13.1 Å². The van der Waals surface area contributed by atoms with E-state index in [2.05, 4.69) is 17.6 Å². The second-order valence-electron chi connectivity index (χ2n) is 6.41. The molecule has 3 nitrogen and oxygen atoms in total. The quantitative estimate of drug-likeness (QED) is 0.780. The summed E-state index contributed by atoms with van der Waals surface area (Å²) >= 11 is 0. The monoisotopic (exact) mass is 236 g/mol. The van der Waals surface area contributed by atoms with Crippen LogP contribution in [0, 0.1) is 23.2 Å². The molecular formula is C14H24N2O. The van der Waals surface area contributed by atoms with E-state index in [4.69, 9.17) is 0 Å². The number of rotatable bonds is 3. The molecule has 3 fully saturated rings. The first-order chi connectivity index (χ1) is 8.22. The van der Waals surface area contributed by atoms with Crippen molar-refractivity contribution in [2.45, 2.75) is 39.0 Å². The van der Waals surface area contributed by atoms with Gasteiger partial charge in [-0.15, -0.1) is 0 Å². The summed E-state index contributed by atoms with van der Waals surface area (Å²) in [6, 6.07) is 0. The zero-order valence-electron chi connectivity index (χ0n) is 10.8. The maximum atomic E-state index is 12.5. The first-order valence-electron chi connectivity index (χ1n) is 7.21. The first kappa shape index (κ1) is 11.5. The average Bonchev–Trinajstić information content (AvgIpc) is 2.89. The van der Waals surface area contributed by atoms with E-state index in [-0.39, 0.29) is 5.41 Å². The summed E-state index contributed by atoms with van der Waals surface area (Å²) in [5.41, 5.74) is -0.0591. The lowest BCUT2D eigenvalue weighted by molar-refractivity contribution is -0.134. The van der Waals surface area contributed by atoms with Crippen LogP contribution in [0.25, 0.3) is 0 Å². The zero-order chi connectivity index (χ0) is 11.9. The van der Waals surface area contributed by atoms with E-state index < -0.39 is 0 Å². The molecule has 0 bridgehead atoms. The molecule has 4 atom stereocenters. The molecule has 3 heteroatoms. The lowest BCUT2D eigenvalue weighted by Gasteiger charge is -2.37. The van der Waals surface area contributed by atoms with Crippen LogP contribution in [0.4, 0.5) is 0 Å². The normalized spacial score (nSPS) is 44.2. The molecule has 3 aliphatic rings. The third kappa shape index (κ3) is 1.99. The largest absolute Gasteiger partial charge is 0.355 e. The molecule has 1 heterocycles. The summed E-state index contributed by atoms with van der Waals surface area (Å²) in [6.45, 7) is 5.14. The van der Waals surface area contributed by atoms with Crippen molar-refractivity contribution in [3.8, 4) is 0 Å². The molecule has 3 rings (SSSR count).